The molecule has 0 atom stereocenters. The van der Waals surface area contributed by atoms with Crippen molar-refractivity contribution in [1.82, 2.24) is 10.7 Å². The molecule has 0 fully saturated rings. The maximum absolute atomic E-state index is 12.1. The van der Waals surface area contributed by atoms with Crippen molar-refractivity contribution in [3.63, 3.8) is 0 Å². The lowest BCUT2D eigenvalue weighted by Crippen LogP contribution is -2.37. The van der Waals surface area contributed by atoms with E-state index >= 15 is 0 Å². The van der Waals surface area contributed by atoms with E-state index in [9.17, 15) is 14.4 Å². The lowest BCUT2D eigenvalue weighted by Gasteiger charge is -2.09. The van der Waals surface area contributed by atoms with Crippen molar-refractivity contribution in [1.29, 1.82) is 0 Å². The number of rotatable bonds is 8. The SMILES string of the molecule is C=CCNC(=O)C(=O)N/N=C\c1ccccc1OCC(=O)Nc1cccc(Cl)c1. The molecule has 8 nitrogen and oxygen atoms in total. The van der Waals surface area contributed by atoms with Crippen molar-refractivity contribution < 1.29 is 19.1 Å². The van der Waals surface area contributed by atoms with Gasteiger partial charge in [0.25, 0.3) is 5.91 Å². The Morgan fingerprint density at radius 2 is 1.90 bits per heavy atom. The van der Waals surface area contributed by atoms with Gasteiger partial charge in [0.05, 0.1) is 6.21 Å². The van der Waals surface area contributed by atoms with Gasteiger partial charge in [-0.3, -0.25) is 14.4 Å². The number of benzene rings is 2. The Hall–Kier alpha value is -3.65. The first-order valence-electron chi connectivity index (χ1n) is 8.49. The predicted octanol–water partition coefficient (Wildman–Crippen LogP) is 2.11. The standard InChI is InChI=1S/C20H19ClN4O4/c1-2-10-22-19(27)20(28)25-23-12-14-6-3-4-9-17(14)29-13-18(26)24-16-8-5-7-15(21)11-16/h2-9,11-12H,1,10,13H2,(H,22,27)(H,24,26)(H,25,28)/b23-12-. The van der Waals surface area contributed by atoms with E-state index in [1.54, 1.807) is 48.5 Å². The summed E-state index contributed by atoms with van der Waals surface area (Å²) in [6.45, 7) is 3.36. The predicted molar refractivity (Wildman–Crippen MR) is 111 cm³/mol. The number of amides is 3. The fraction of sp³-hybridized carbons (Fsp3) is 0.100. The molecule has 0 aliphatic rings. The fourth-order valence-corrected chi connectivity index (χ4v) is 2.27. The Balaban J connectivity index is 1.91. The zero-order valence-electron chi connectivity index (χ0n) is 15.4. The topological polar surface area (TPSA) is 109 Å². The molecule has 29 heavy (non-hydrogen) atoms. The molecule has 9 heteroatoms. The van der Waals surface area contributed by atoms with Gasteiger partial charge in [-0.15, -0.1) is 6.58 Å². The zero-order chi connectivity index (χ0) is 21.1. The molecule has 2 aromatic rings. The van der Waals surface area contributed by atoms with Gasteiger partial charge < -0.3 is 15.4 Å². The molecule has 0 aliphatic carbocycles. The van der Waals surface area contributed by atoms with Gasteiger partial charge in [-0.05, 0) is 30.3 Å². The van der Waals surface area contributed by atoms with E-state index < -0.39 is 11.8 Å². The Labute approximate surface area is 172 Å². The van der Waals surface area contributed by atoms with E-state index in [1.807, 2.05) is 0 Å². The maximum atomic E-state index is 12.1. The van der Waals surface area contributed by atoms with Gasteiger partial charge in [0.2, 0.25) is 0 Å². The van der Waals surface area contributed by atoms with Crippen molar-refractivity contribution >= 4 is 41.2 Å². The highest BCUT2D eigenvalue weighted by Crippen LogP contribution is 2.17. The van der Waals surface area contributed by atoms with Gasteiger partial charge in [-0.25, -0.2) is 5.43 Å². The molecule has 0 aliphatic heterocycles. The number of carbonyl (C=O) groups is 3. The highest BCUT2D eigenvalue weighted by Gasteiger charge is 2.11. The van der Waals surface area contributed by atoms with Gasteiger partial charge in [-0.2, -0.15) is 5.10 Å². The monoisotopic (exact) mass is 414 g/mol. The molecule has 2 aromatic carbocycles. The summed E-state index contributed by atoms with van der Waals surface area (Å²) in [6, 6.07) is 13.5. The van der Waals surface area contributed by atoms with E-state index in [0.29, 0.717) is 22.0 Å². The average molecular weight is 415 g/mol. The van der Waals surface area contributed by atoms with Crippen LogP contribution in [0.3, 0.4) is 0 Å². The van der Waals surface area contributed by atoms with Crippen LogP contribution in [0.1, 0.15) is 5.56 Å². The minimum absolute atomic E-state index is 0.171. The van der Waals surface area contributed by atoms with Crippen LogP contribution in [0.2, 0.25) is 5.02 Å². The van der Waals surface area contributed by atoms with Gasteiger partial charge in [0.1, 0.15) is 5.75 Å². The summed E-state index contributed by atoms with van der Waals surface area (Å²) in [5.74, 6) is -1.74. The summed E-state index contributed by atoms with van der Waals surface area (Å²) in [7, 11) is 0. The Morgan fingerprint density at radius 3 is 2.66 bits per heavy atom. The third kappa shape index (κ3) is 7.47. The largest absolute Gasteiger partial charge is 0.483 e. The average Bonchev–Trinajstić information content (AvgIpc) is 2.71. The summed E-state index contributed by atoms with van der Waals surface area (Å²) in [5, 5.41) is 9.23. The van der Waals surface area contributed by atoms with Crippen molar-refractivity contribution in [2.24, 2.45) is 5.10 Å². The first-order chi connectivity index (χ1) is 14.0. The number of nitrogens with zero attached hydrogens (tertiary/aromatic N) is 1. The molecule has 150 valence electrons. The second-order valence-electron chi connectivity index (χ2n) is 5.58. The highest BCUT2D eigenvalue weighted by molar-refractivity contribution is 6.35. The molecule has 2 rings (SSSR count). The van der Waals surface area contributed by atoms with E-state index in [0.717, 1.165) is 0 Å². The number of halogens is 1. The summed E-state index contributed by atoms with van der Waals surface area (Å²) in [5.41, 5.74) is 3.17. The molecule has 3 N–H and O–H groups in total. The van der Waals surface area contributed by atoms with Gasteiger partial charge in [-0.1, -0.05) is 35.9 Å². The van der Waals surface area contributed by atoms with Crippen LogP contribution in [-0.2, 0) is 14.4 Å². The van der Waals surface area contributed by atoms with Crippen LogP contribution >= 0.6 is 11.6 Å². The molecule has 0 saturated heterocycles. The number of hydrogen-bond donors (Lipinski definition) is 3. The smallest absolute Gasteiger partial charge is 0.329 e. The van der Waals surface area contributed by atoms with E-state index in [4.69, 9.17) is 16.3 Å². The lowest BCUT2D eigenvalue weighted by molar-refractivity contribution is -0.139. The molecule has 3 amide bonds. The van der Waals surface area contributed by atoms with Crippen molar-refractivity contribution in [3.8, 4) is 5.75 Å². The van der Waals surface area contributed by atoms with Crippen molar-refractivity contribution in [2.45, 2.75) is 0 Å². The summed E-state index contributed by atoms with van der Waals surface area (Å²) in [4.78, 5) is 35.1. The zero-order valence-corrected chi connectivity index (χ0v) is 16.1. The van der Waals surface area contributed by atoms with Crippen LogP contribution in [0.5, 0.6) is 5.75 Å². The molecule has 0 aromatic heterocycles. The maximum Gasteiger partial charge on any atom is 0.329 e. The van der Waals surface area contributed by atoms with Crippen LogP contribution in [0.4, 0.5) is 5.69 Å². The molecule has 0 radical (unpaired) electrons. The Morgan fingerprint density at radius 1 is 1.10 bits per heavy atom. The normalized spacial score (nSPS) is 10.2. The number of ether oxygens (including phenoxy) is 1. The first kappa shape index (κ1) is 21.6. The number of hydrogen-bond acceptors (Lipinski definition) is 5. The molecule has 0 spiro atoms. The molecular formula is C20H19ClN4O4. The fourth-order valence-electron chi connectivity index (χ4n) is 2.08. The van der Waals surface area contributed by atoms with E-state index in [1.165, 1.54) is 12.3 Å². The van der Waals surface area contributed by atoms with Crippen molar-refractivity contribution in [2.75, 3.05) is 18.5 Å². The number of anilines is 1. The number of carbonyl (C=O) groups excluding carboxylic acids is 3. The third-order valence-corrected chi connectivity index (χ3v) is 3.60. The number of para-hydroxylation sites is 1. The van der Waals surface area contributed by atoms with Crippen LogP contribution in [-0.4, -0.2) is 37.1 Å². The summed E-state index contributed by atoms with van der Waals surface area (Å²) in [6.07, 6.45) is 2.76. The molecule has 0 unspecified atom stereocenters. The van der Waals surface area contributed by atoms with Crippen LogP contribution in [0.25, 0.3) is 0 Å². The quantitative estimate of drug-likeness (QED) is 0.266. The molecule has 0 bridgehead atoms. The number of hydrazone groups is 1. The Kier molecular flexibility index (Phi) is 8.40. The lowest BCUT2D eigenvalue weighted by atomic mass is 10.2. The minimum atomic E-state index is -0.914. The number of nitrogens with one attached hydrogen (secondary N) is 3. The first-order valence-corrected chi connectivity index (χ1v) is 8.86. The minimum Gasteiger partial charge on any atom is -0.483 e. The molecular weight excluding hydrogens is 396 g/mol. The second-order valence-corrected chi connectivity index (χ2v) is 6.02. The van der Waals surface area contributed by atoms with Gasteiger partial charge >= 0.3 is 11.8 Å². The Bertz CT molecular complexity index is 930. The summed E-state index contributed by atoms with van der Waals surface area (Å²) < 4.78 is 5.52. The van der Waals surface area contributed by atoms with E-state index in [-0.39, 0.29) is 19.1 Å². The van der Waals surface area contributed by atoms with E-state index in [2.05, 4.69) is 27.7 Å². The third-order valence-electron chi connectivity index (χ3n) is 3.37. The molecule has 0 saturated carbocycles. The van der Waals surface area contributed by atoms with Crippen LogP contribution in [0, 0.1) is 0 Å². The van der Waals surface area contributed by atoms with Gasteiger partial charge in [0, 0.05) is 22.8 Å². The molecule has 0 heterocycles. The van der Waals surface area contributed by atoms with Crippen LogP contribution in [0.15, 0.2) is 66.3 Å². The van der Waals surface area contributed by atoms with Crippen molar-refractivity contribution in [3.05, 3.63) is 71.8 Å². The van der Waals surface area contributed by atoms with Gasteiger partial charge in [0.15, 0.2) is 6.61 Å². The second kappa shape index (κ2) is 11.3. The highest BCUT2D eigenvalue weighted by atomic mass is 35.5. The van der Waals surface area contributed by atoms with Crippen LogP contribution < -0.4 is 20.8 Å². The summed E-state index contributed by atoms with van der Waals surface area (Å²) >= 11 is 5.88.